The van der Waals surface area contributed by atoms with Gasteiger partial charge in [-0.25, -0.2) is 4.90 Å². The molecule has 0 radical (unpaired) electrons. The smallest absolute Gasteiger partial charge is 0.258 e. The molecule has 3 aromatic carbocycles. The molecule has 0 unspecified atom stereocenters. The topological polar surface area (TPSA) is 37.4 Å². The molecule has 0 aliphatic carbocycles. The zero-order chi connectivity index (χ0) is 16.9. The number of carbonyl (C=O) groups excluding carboxylic acids is 2. The van der Waals surface area contributed by atoms with Gasteiger partial charge in [0, 0.05) is 17.0 Å². The number of hydrogen-bond acceptors (Lipinski definition) is 3. The van der Waals surface area contributed by atoms with Crippen molar-refractivity contribution < 1.29 is 9.59 Å². The van der Waals surface area contributed by atoms with E-state index >= 15 is 0 Å². The van der Waals surface area contributed by atoms with Crippen LogP contribution in [-0.4, -0.2) is 11.8 Å². The van der Waals surface area contributed by atoms with Crippen molar-refractivity contribution >= 4 is 40.9 Å². The molecule has 0 bridgehead atoms. The highest BCUT2D eigenvalue weighted by molar-refractivity contribution is 7.80. The van der Waals surface area contributed by atoms with Gasteiger partial charge in [0.1, 0.15) is 0 Å². The van der Waals surface area contributed by atoms with Crippen molar-refractivity contribution in [3.63, 3.8) is 0 Å². The number of carbonyl (C=O) groups is 2. The number of para-hydroxylation sites is 1. The summed E-state index contributed by atoms with van der Waals surface area (Å²) < 4.78 is 0. The minimum Gasteiger partial charge on any atom is -0.269 e. The van der Waals surface area contributed by atoms with Crippen LogP contribution in [0.5, 0.6) is 0 Å². The van der Waals surface area contributed by atoms with Gasteiger partial charge in [0.2, 0.25) is 0 Å². The van der Waals surface area contributed by atoms with E-state index in [1.54, 1.807) is 24.3 Å². The Balaban J connectivity index is 0.000000143. The summed E-state index contributed by atoms with van der Waals surface area (Å²) in [5.74, 6) is -0.563. The first-order chi connectivity index (χ1) is 11.7. The molecule has 1 aliphatic heterocycles. The number of fused-ring (bicyclic) bond motifs is 1. The Hall–Kier alpha value is -2.85. The lowest BCUT2D eigenvalue weighted by molar-refractivity contribution is -0.119. The summed E-state index contributed by atoms with van der Waals surface area (Å²) in [7, 11) is 0. The van der Waals surface area contributed by atoms with Gasteiger partial charge in [0.15, 0.2) is 0 Å². The first-order valence-electron chi connectivity index (χ1n) is 7.45. The SMILES string of the molecule is O=C1C=CC(=O)N1c1ccccc1.Sc1cccc2ccccc12. The molecule has 0 fully saturated rings. The molecular formula is C20H15NO2S. The molecule has 0 aromatic heterocycles. The largest absolute Gasteiger partial charge is 0.269 e. The van der Waals surface area contributed by atoms with E-state index in [0.29, 0.717) is 5.69 Å². The van der Waals surface area contributed by atoms with Crippen molar-refractivity contribution in [1.29, 1.82) is 0 Å². The molecule has 118 valence electrons. The van der Waals surface area contributed by atoms with Crippen molar-refractivity contribution in [3.05, 3.63) is 84.9 Å². The predicted molar refractivity (Wildman–Crippen MR) is 99.3 cm³/mol. The zero-order valence-corrected chi connectivity index (χ0v) is 13.7. The first-order valence-corrected chi connectivity index (χ1v) is 7.89. The Morgan fingerprint density at radius 3 is 1.92 bits per heavy atom. The lowest BCUT2D eigenvalue weighted by Gasteiger charge is -2.12. The predicted octanol–water partition coefficient (Wildman–Crippen LogP) is 4.24. The van der Waals surface area contributed by atoms with Crippen LogP contribution >= 0.6 is 12.6 Å². The lowest BCUT2D eigenvalue weighted by atomic mass is 10.1. The summed E-state index contributed by atoms with van der Waals surface area (Å²) in [5.41, 5.74) is 0.613. The molecule has 0 saturated heterocycles. The molecule has 1 aliphatic rings. The molecule has 0 atom stereocenters. The molecule has 4 heteroatoms. The van der Waals surface area contributed by atoms with E-state index in [1.807, 2.05) is 30.3 Å². The van der Waals surface area contributed by atoms with Crippen LogP contribution in [0.2, 0.25) is 0 Å². The summed E-state index contributed by atoms with van der Waals surface area (Å²) in [6, 6.07) is 23.2. The first kappa shape index (κ1) is 16.0. The average Bonchev–Trinajstić information content (AvgIpc) is 2.95. The van der Waals surface area contributed by atoms with Crippen molar-refractivity contribution in [2.45, 2.75) is 4.90 Å². The van der Waals surface area contributed by atoms with Crippen LogP contribution < -0.4 is 4.90 Å². The van der Waals surface area contributed by atoms with Crippen LogP contribution in [0.3, 0.4) is 0 Å². The standard InChI is InChI=1S/C10H7NO2.C10H8S/c12-9-6-7-10(13)11(9)8-4-2-1-3-5-8;11-10-7-3-5-8-4-1-2-6-9(8)10/h1-7H;1-7,11H. The summed E-state index contributed by atoms with van der Waals surface area (Å²) >= 11 is 4.35. The van der Waals surface area contributed by atoms with Crippen molar-refractivity contribution in [1.82, 2.24) is 0 Å². The summed E-state index contributed by atoms with van der Waals surface area (Å²) in [6.07, 6.45) is 2.55. The highest BCUT2D eigenvalue weighted by atomic mass is 32.1. The van der Waals surface area contributed by atoms with Crippen LogP contribution in [0.1, 0.15) is 0 Å². The number of anilines is 1. The van der Waals surface area contributed by atoms with Crippen LogP contribution in [0.4, 0.5) is 5.69 Å². The summed E-state index contributed by atoms with van der Waals surface area (Å²) in [6.45, 7) is 0. The van der Waals surface area contributed by atoms with Crippen molar-refractivity contribution in [2.75, 3.05) is 4.90 Å². The molecule has 0 saturated carbocycles. The van der Waals surface area contributed by atoms with Gasteiger partial charge in [-0.2, -0.15) is 0 Å². The molecule has 3 nitrogen and oxygen atoms in total. The van der Waals surface area contributed by atoms with Gasteiger partial charge in [0.25, 0.3) is 11.8 Å². The van der Waals surface area contributed by atoms with Crippen LogP contribution in [0.25, 0.3) is 10.8 Å². The number of rotatable bonds is 1. The highest BCUT2D eigenvalue weighted by Crippen LogP contribution is 2.20. The van der Waals surface area contributed by atoms with E-state index in [2.05, 4.69) is 30.8 Å². The molecule has 1 heterocycles. The second-order valence-corrected chi connectivity index (χ2v) is 5.66. The number of hydrogen-bond donors (Lipinski definition) is 1. The number of benzene rings is 3. The lowest BCUT2D eigenvalue weighted by Crippen LogP contribution is -2.29. The van der Waals surface area contributed by atoms with E-state index in [-0.39, 0.29) is 11.8 Å². The Bertz CT molecular complexity index is 896. The maximum Gasteiger partial charge on any atom is 0.258 e. The van der Waals surface area contributed by atoms with E-state index in [4.69, 9.17) is 0 Å². The van der Waals surface area contributed by atoms with Gasteiger partial charge < -0.3 is 0 Å². The molecule has 0 spiro atoms. The fourth-order valence-corrected chi connectivity index (χ4v) is 2.73. The van der Waals surface area contributed by atoms with E-state index in [1.165, 1.54) is 22.9 Å². The minimum absolute atomic E-state index is 0.281. The zero-order valence-electron chi connectivity index (χ0n) is 12.8. The fraction of sp³-hybridized carbons (Fsp3) is 0. The van der Waals surface area contributed by atoms with Gasteiger partial charge in [-0.3, -0.25) is 9.59 Å². The number of amides is 2. The fourth-order valence-electron chi connectivity index (χ4n) is 2.44. The third-order valence-corrected chi connectivity index (χ3v) is 3.98. The van der Waals surface area contributed by atoms with E-state index in [0.717, 1.165) is 9.80 Å². The minimum atomic E-state index is -0.281. The third-order valence-electron chi connectivity index (χ3n) is 3.59. The molecule has 4 rings (SSSR count). The number of nitrogens with zero attached hydrogens (tertiary/aromatic N) is 1. The van der Waals surface area contributed by atoms with Gasteiger partial charge in [-0.05, 0) is 29.0 Å². The molecular weight excluding hydrogens is 318 g/mol. The normalized spacial score (nSPS) is 13.1. The van der Waals surface area contributed by atoms with Gasteiger partial charge in [0.05, 0.1) is 5.69 Å². The molecule has 3 aromatic rings. The molecule has 24 heavy (non-hydrogen) atoms. The van der Waals surface area contributed by atoms with E-state index in [9.17, 15) is 9.59 Å². The van der Waals surface area contributed by atoms with Crippen molar-refractivity contribution in [3.8, 4) is 0 Å². The van der Waals surface area contributed by atoms with Crippen LogP contribution in [0, 0.1) is 0 Å². The van der Waals surface area contributed by atoms with Gasteiger partial charge in [-0.15, -0.1) is 12.6 Å². The average molecular weight is 333 g/mol. The van der Waals surface area contributed by atoms with Crippen LogP contribution in [0.15, 0.2) is 89.8 Å². The second-order valence-electron chi connectivity index (χ2n) is 5.18. The molecule has 0 N–H and O–H groups in total. The monoisotopic (exact) mass is 333 g/mol. The van der Waals surface area contributed by atoms with Crippen LogP contribution in [-0.2, 0) is 9.59 Å². The quantitative estimate of drug-likeness (QED) is 0.534. The summed E-state index contributed by atoms with van der Waals surface area (Å²) in [4.78, 5) is 24.6. The van der Waals surface area contributed by atoms with Gasteiger partial charge in [-0.1, -0.05) is 54.6 Å². The highest BCUT2D eigenvalue weighted by Gasteiger charge is 2.24. The molecule has 2 amide bonds. The van der Waals surface area contributed by atoms with Gasteiger partial charge >= 0.3 is 0 Å². The third kappa shape index (κ3) is 3.39. The maximum atomic E-state index is 11.2. The maximum absolute atomic E-state index is 11.2. The van der Waals surface area contributed by atoms with E-state index < -0.39 is 0 Å². The Kier molecular flexibility index (Phi) is 4.77. The summed E-state index contributed by atoms with van der Waals surface area (Å²) in [5, 5.41) is 2.47. The number of imide groups is 1. The Morgan fingerprint density at radius 1 is 0.667 bits per heavy atom. The Morgan fingerprint density at radius 2 is 1.25 bits per heavy atom. The van der Waals surface area contributed by atoms with Crippen molar-refractivity contribution in [2.24, 2.45) is 0 Å². The Labute approximate surface area is 145 Å². The second kappa shape index (κ2) is 7.15. The number of thiol groups is 1.